The molecule has 7 heteroatoms. The Labute approximate surface area is 192 Å². The highest BCUT2D eigenvalue weighted by atomic mass is 32.2. The number of nitrogens with zero attached hydrogens (tertiary/aromatic N) is 2. The maximum atomic E-state index is 13.9. The molecule has 0 aliphatic heterocycles. The fourth-order valence-corrected chi connectivity index (χ4v) is 6.16. The first-order valence-corrected chi connectivity index (χ1v) is 12.4. The minimum Gasteiger partial charge on any atom is -0.461 e. The monoisotopic (exact) mass is 460 g/mol. The summed E-state index contributed by atoms with van der Waals surface area (Å²) in [7, 11) is -4.19. The van der Waals surface area contributed by atoms with E-state index >= 15 is 0 Å². The summed E-state index contributed by atoms with van der Waals surface area (Å²) in [6.45, 7) is 3.64. The largest absolute Gasteiger partial charge is 0.461 e. The van der Waals surface area contributed by atoms with Crippen LogP contribution in [0.5, 0.6) is 0 Å². The molecular weight excluding hydrogens is 436 g/mol. The first kappa shape index (κ1) is 21.4. The highest BCUT2D eigenvalue weighted by Gasteiger charge is 2.33. The number of hydrogen-bond acceptors (Lipinski definition) is 5. The second-order valence-corrected chi connectivity index (χ2v) is 10.2. The van der Waals surface area contributed by atoms with Crippen molar-refractivity contribution < 1.29 is 17.6 Å². The van der Waals surface area contributed by atoms with Crippen LogP contribution in [0.25, 0.3) is 11.0 Å². The van der Waals surface area contributed by atoms with Crippen molar-refractivity contribution in [2.75, 3.05) is 4.31 Å². The number of aromatic nitrogens is 1. The number of rotatable bonds is 4. The van der Waals surface area contributed by atoms with Gasteiger partial charge in [0, 0.05) is 35.3 Å². The molecule has 1 aliphatic carbocycles. The molecular formula is C26H24N2O4S. The van der Waals surface area contributed by atoms with Crippen molar-refractivity contribution in [2.24, 2.45) is 0 Å². The zero-order valence-corrected chi connectivity index (χ0v) is 19.4. The van der Waals surface area contributed by atoms with Gasteiger partial charge in [-0.1, -0.05) is 17.7 Å². The Balaban J connectivity index is 1.71. The topological polar surface area (TPSA) is 80.5 Å². The standard InChI is InChI=1S/C26H24N2O4S/c1-17-7-10-25(18(2)15-17)33(30,31)28(26(29)19-11-13-27-14-12-19)20-8-9-24-22(16-20)21-5-3-4-6-23(21)32-24/h7-16H,3-6H2,1-2H3. The zero-order valence-electron chi connectivity index (χ0n) is 18.5. The number of carbonyl (C=O) groups excluding carboxylic acids is 1. The van der Waals surface area contributed by atoms with E-state index in [1.54, 1.807) is 43.3 Å². The van der Waals surface area contributed by atoms with Gasteiger partial charge in [0.1, 0.15) is 11.3 Å². The number of aryl methyl sites for hydroxylation is 4. The number of fused-ring (bicyclic) bond motifs is 3. The predicted molar refractivity (Wildman–Crippen MR) is 127 cm³/mol. The molecule has 0 radical (unpaired) electrons. The van der Waals surface area contributed by atoms with Gasteiger partial charge in [-0.3, -0.25) is 9.78 Å². The lowest BCUT2D eigenvalue weighted by molar-refractivity contribution is 0.101. The molecule has 4 aromatic rings. The normalized spacial score (nSPS) is 13.6. The quantitative estimate of drug-likeness (QED) is 0.410. The molecule has 0 fully saturated rings. The van der Waals surface area contributed by atoms with Gasteiger partial charge >= 0.3 is 0 Å². The van der Waals surface area contributed by atoms with Gasteiger partial charge in [-0.15, -0.1) is 0 Å². The molecule has 2 heterocycles. The smallest absolute Gasteiger partial charge is 0.272 e. The maximum Gasteiger partial charge on any atom is 0.272 e. The molecule has 2 aromatic carbocycles. The summed E-state index contributed by atoms with van der Waals surface area (Å²) in [6, 6.07) is 13.3. The van der Waals surface area contributed by atoms with Gasteiger partial charge in [0.25, 0.3) is 15.9 Å². The average molecular weight is 461 g/mol. The Hall–Kier alpha value is -3.45. The minimum atomic E-state index is -4.19. The number of amides is 1. The van der Waals surface area contributed by atoms with Crippen LogP contribution in [-0.2, 0) is 22.9 Å². The summed E-state index contributed by atoms with van der Waals surface area (Å²) in [5, 5.41) is 0.866. The van der Waals surface area contributed by atoms with Crippen LogP contribution in [0.1, 0.15) is 45.7 Å². The van der Waals surface area contributed by atoms with Gasteiger partial charge < -0.3 is 4.42 Å². The van der Waals surface area contributed by atoms with Gasteiger partial charge in [0.05, 0.1) is 10.6 Å². The fourth-order valence-electron chi connectivity index (χ4n) is 4.54. The molecule has 1 amide bonds. The third-order valence-electron chi connectivity index (χ3n) is 6.13. The summed E-state index contributed by atoms with van der Waals surface area (Å²) in [6.07, 6.45) is 6.85. The predicted octanol–water partition coefficient (Wildman–Crippen LogP) is 5.36. The highest BCUT2D eigenvalue weighted by Crippen LogP contribution is 2.36. The molecule has 168 valence electrons. The van der Waals surface area contributed by atoms with E-state index in [9.17, 15) is 13.2 Å². The van der Waals surface area contributed by atoms with Gasteiger partial charge in [-0.05, 0) is 75.1 Å². The number of furan rings is 1. The third-order valence-corrected chi connectivity index (χ3v) is 8.00. The Morgan fingerprint density at radius 3 is 2.48 bits per heavy atom. The Morgan fingerprint density at radius 1 is 0.970 bits per heavy atom. The highest BCUT2D eigenvalue weighted by molar-refractivity contribution is 7.93. The Bertz CT molecular complexity index is 1470. The van der Waals surface area contributed by atoms with Crippen LogP contribution in [0.4, 0.5) is 5.69 Å². The van der Waals surface area contributed by atoms with Crippen LogP contribution < -0.4 is 4.31 Å². The molecule has 2 aromatic heterocycles. The first-order valence-electron chi connectivity index (χ1n) is 11.0. The zero-order chi connectivity index (χ0) is 23.2. The lowest BCUT2D eigenvalue weighted by Crippen LogP contribution is -2.37. The van der Waals surface area contributed by atoms with Crippen molar-refractivity contribution in [1.82, 2.24) is 4.98 Å². The van der Waals surface area contributed by atoms with Gasteiger partial charge in [0.15, 0.2) is 0 Å². The second kappa shape index (κ2) is 8.15. The van der Waals surface area contributed by atoms with Crippen molar-refractivity contribution >= 4 is 32.6 Å². The summed E-state index contributed by atoms with van der Waals surface area (Å²) in [5.41, 5.74) is 3.89. The van der Waals surface area contributed by atoms with Crippen molar-refractivity contribution in [2.45, 2.75) is 44.4 Å². The van der Waals surface area contributed by atoms with E-state index in [1.165, 1.54) is 24.5 Å². The van der Waals surface area contributed by atoms with E-state index in [0.717, 1.165) is 52.3 Å². The minimum absolute atomic E-state index is 0.102. The number of hydrogen-bond donors (Lipinski definition) is 0. The third kappa shape index (κ3) is 3.72. The van der Waals surface area contributed by atoms with E-state index in [0.29, 0.717) is 16.8 Å². The van der Waals surface area contributed by atoms with E-state index < -0.39 is 15.9 Å². The lowest BCUT2D eigenvalue weighted by atomic mass is 9.96. The van der Waals surface area contributed by atoms with Gasteiger partial charge in [-0.25, -0.2) is 8.42 Å². The first-order chi connectivity index (χ1) is 15.9. The van der Waals surface area contributed by atoms with Crippen molar-refractivity contribution in [3.05, 3.63) is 88.9 Å². The SMILES string of the molecule is Cc1ccc(S(=O)(=O)N(C(=O)c2ccncc2)c2ccc3oc4c(c3c2)CCCC4)c(C)c1. The molecule has 6 nitrogen and oxygen atoms in total. The summed E-state index contributed by atoms with van der Waals surface area (Å²) in [5.74, 6) is 0.326. The molecule has 0 saturated carbocycles. The lowest BCUT2D eigenvalue weighted by Gasteiger charge is -2.24. The summed E-state index contributed by atoms with van der Waals surface area (Å²) >= 11 is 0. The van der Waals surface area contributed by atoms with E-state index in [-0.39, 0.29) is 10.5 Å². The molecule has 0 bridgehead atoms. The van der Waals surface area contributed by atoms with E-state index in [4.69, 9.17) is 4.42 Å². The number of anilines is 1. The van der Waals surface area contributed by atoms with Crippen molar-refractivity contribution in [3.8, 4) is 0 Å². The van der Waals surface area contributed by atoms with E-state index in [2.05, 4.69) is 4.98 Å². The van der Waals surface area contributed by atoms with E-state index in [1.807, 2.05) is 6.92 Å². The van der Waals surface area contributed by atoms with Crippen LogP contribution in [0.2, 0.25) is 0 Å². The molecule has 1 aliphatic rings. The van der Waals surface area contributed by atoms with Crippen LogP contribution in [0.3, 0.4) is 0 Å². The van der Waals surface area contributed by atoms with Gasteiger partial charge in [0.2, 0.25) is 0 Å². The summed E-state index contributed by atoms with van der Waals surface area (Å²) < 4.78 is 34.7. The summed E-state index contributed by atoms with van der Waals surface area (Å²) in [4.78, 5) is 17.7. The maximum absolute atomic E-state index is 13.9. The van der Waals surface area contributed by atoms with Crippen LogP contribution >= 0.6 is 0 Å². The van der Waals surface area contributed by atoms with Gasteiger partial charge in [-0.2, -0.15) is 4.31 Å². The number of sulfonamides is 1. The molecule has 0 saturated heterocycles. The Kier molecular flexibility index (Phi) is 5.29. The van der Waals surface area contributed by atoms with Crippen molar-refractivity contribution in [1.29, 1.82) is 0 Å². The fraction of sp³-hybridized carbons (Fsp3) is 0.231. The molecule has 0 atom stereocenters. The van der Waals surface area contributed by atoms with Crippen molar-refractivity contribution in [3.63, 3.8) is 0 Å². The number of benzene rings is 2. The second-order valence-electron chi connectivity index (χ2n) is 8.47. The number of pyridine rings is 1. The molecule has 33 heavy (non-hydrogen) atoms. The average Bonchev–Trinajstić information content (AvgIpc) is 3.17. The molecule has 0 spiro atoms. The molecule has 0 unspecified atom stereocenters. The molecule has 5 rings (SSSR count). The van der Waals surface area contributed by atoms with Crippen LogP contribution in [-0.4, -0.2) is 19.3 Å². The molecule has 0 N–H and O–H groups in total. The number of carbonyl (C=O) groups is 1. The van der Waals surface area contributed by atoms with Crippen LogP contribution in [0, 0.1) is 13.8 Å². The van der Waals surface area contributed by atoms with Crippen LogP contribution in [0.15, 0.2) is 70.2 Å². The Morgan fingerprint density at radius 2 is 1.73 bits per heavy atom.